The van der Waals surface area contributed by atoms with Gasteiger partial charge in [-0.05, 0) is 43.7 Å². The molecule has 2 unspecified atom stereocenters. The number of carbonyl (C=O) groups is 1. The van der Waals surface area contributed by atoms with Crippen LogP contribution in [0.3, 0.4) is 0 Å². The van der Waals surface area contributed by atoms with Crippen LogP contribution >= 0.6 is 0 Å². The van der Waals surface area contributed by atoms with Gasteiger partial charge in [-0.25, -0.2) is 0 Å². The molecule has 0 bridgehead atoms. The smallest absolute Gasteiger partial charge is 0.222 e. The van der Waals surface area contributed by atoms with Crippen LogP contribution in [-0.4, -0.2) is 37.0 Å². The Balaban J connectivity index is 1.50. The van der Waals surface area contributed by atoms with E-state index in [1.165, 1.54) is 12.8 Å². The zero-order chi connectivity index (χ0) is 9.54. The van der Waals surface area contributed by atoms with E-state index in [-0.39, 0.29) is 0 Å². The van der Waals surface area contributed by atoms with E-state index in [1.54, 1.807) is 0 Å². The van der Waals surface area contributed by atoms with E-state index >= 15 is 0 Å². The zero-order valence-electron chi connectivity index (χ0n) is 8.54. The van der Waals surface area contributed by atoms with Gasteiger partial charge < -0.3 is 10.2 Å². The fourth-order valence-electron chi connectivity index (χ4n) is 2.87. The Morgan fingerprint density at radius 2 is 2.14 bits per heavy atom. The average Bonchev–Trinajstić information content (AvgIpc) is 2.68. The number of hydrogen-bond acceptors (Lipinski definition) is 2. The lowest BCUT2D eigenvalue weighted by Gasteiger charge is -2.19. The highest BCUT2D eigenvalue weighted by Gasteiger charge is 2.46. The third-order valence-electron chi connectivity index (χ3n) is 3.96. The lowest BCUT2D eigenvalue weighted by atomic mass is 10.0. The van der Waals surface area contributed by atoms with Crippen LogP contribution < -0.4 is 5.32 Å². The normalized spacial score (nSPS) is 40.0. The van der Waals surface area contributed by atoms with Gasteiger partial charge in [-0.3, -0.25) is 4.79 Å². The van der Waals surface area contributed by atoms with Crippen molar-refractivity contribution in [2.75, 3.05) is 26.2 Å². The number of fused-ring (bicyclic) bond motifs is 1. The second-order valence-electron chi connectivity index (χ2n) is 5.12. The van der Waals surface area contributed by atoms with Crippen LogP contribution in [0.1, 0.15) is 19.3 Å². The van der Waals surface area contributed by atoms with Crippen molar-refractivity contribution in [1.82, 2.24) is 10.2 Å². The molecule has 2 heterocycles. The van der Waals surface area contributed by atoms with Crippen LogP contribution in [-0.2, 0) is 4.79 Å². The van der Waals surface area contributed by atoms with Gasteiger partial charge in [-0.2, -0.15) is 0 Å². The summed E-state index contributed by atoms with van der Waals surface area (Å²) in [6.45, 7) is 4.27. The molecule has 3 rings (SSSR count). The summed E-state index contributed by atoms with van der Waals surface area (Å²) in [5.74, 6) is 2.77. The topological polar surface area (TPSA) is 32.3 Å². The van der Waals surface area contributed by atoms with Crippen molar-refractivity contribution in [3.05, 3.63) is 0 Å². The molecule has 3 nitrogen and oxygen atoms in total. The molecular weight excluding hydrogens is 176 g/mol. The molecule has 0 spiro atoms. The predicted octanol–water partition coefficient (Wildman–Crippen LogP) is 0.464. The van der Waals surface area contributed by atoms with Gasteiger partial charge in [0.05, 0.1) is 0 Å². The van der Waals surface area contributed by atoms with E-state index in [9.17, 15) is 4.79 Å². The molecule has 3 fully saturated rings. The van der Waals surface area contributed by atoms with Gasteiger partial charge in [0.2, 0.25) is 5.91 Å². The van der Waals surface area contributed by atoms with Crippen molar-refractivity contribution in [3.63, 3.8) is 0 Å². The number of rotatable bonds is 2. The average molecular weight is 194 g/mol. The molecule has 14 heavy (non-hydrogen) atoms. The molecule has 2 aliphatic heterocycles. The van der Waals surface area contributed by atoms with Gasteiger partial charge >= 0.3 is 0 Å². The largest absolute Gasteiger partial charge is 0.342 e. The highest BCUT2D eigenvalue weighted by molar-refractivity contribution is 5.77. The number of carbonyl (C=O) groups excluding carboxylic acids is 1. The molecule has 1 saturated carbocycles. The molecule has 0 aromatic rings. The molecular formula is C11H18N2O. The minimum absolute atomic E-state index is 0.408. The maximum Gasteiger partial charge on any atom is 0.222 e. The molecule has 0 aromatic heterocycles. The highest BCUT2D eigenvalue weighted by Crippen LogP contribution is 2.45. The minimum Gasteiger partial charge on any atom is -0.342 e. The molecule has 1 amide bonds. The third kappa shape index (κ3) is 1.54. The Bertz CT molecular complexity index is 238. The first-order valence-corrected chi connectivity index (χ1v) is 5.81. The summed E-state index contributed by atoms with van der Waals surface area (Å²) >= 11 is 0. The SMILES string of the molecule is O=C(C[C@H]1CCNC1)N1CC2CC2C1. The van der Waals surface area contributed by atoms with Crippen molar-refractivity contribution >= 4 is 5.91 Å². The summed E-state index contributed by atoms with van der Waals surface area (Å²) < 4.78 is 0. The summed E-state index contributed by atoms with van der Waals surface area (Å²) in [6.07, 6.45) is 3.35. The van der Waals surface area contributed by atoms with Gasteiger partial charge in [-0.1, -0.05) is 0 Å². The van der Waals surface area contributed by atoms with Crippen LogP contribution in [0, 0.1) is 17.8 Å². The Kier molecular flexibility index (Phi) is 2.01. The molecule has 78 valence electrons. The van der Waals surface area contributed by atoms with Gasteiger partial charge in [0.1, 0.15) is 0 Å². The van der Waals surface area contributed by atoms with Gasteiger partial charge in [0.25, 0.3) is 0 Å². The highest BCUT2D eigenvalue weighted by atomic mass is 16.2. The van der Waals surface area contributed by atoms with Crippen LogP contribution in [0.25, 0.3) is 0 Å². The number of hydrogen-bond donors (Lipinski definition) is 1. The first kappa shape index (κ1) is 8.72. The number of nitrogens with zero attached hydrogens (tertiary/aromatic N) is 1. The van der Waals surface area contributed by atoms with Crippen molar-refractivity contribution in [2.24, 2.45) is 17.8 Å². The summed E-state index contributed by atoms with van der Waals surface area (Å²) in [5.41, 5.74) is 0. The first-order valence-electron chi connectivity index (χ1n) is 5.81. The summed E-state index contributed by atoms with van der Waals surface area (Å²) in [4.78, 5) is 14.0. The summed E-state index contributed by atoms with van der Waals surface area (Å²) in [6, 6.07) is 0. The predicted molar refractivity (Wildman–Crippen MR) is 53.8 cm³/mol. The number of nitrogens with one attached hydrogen (secondary N) is 1. The summed E-state index contributed by atoms with van der Waals surface area (Å²) in [5, 5.41) is 3.32. The van der Waals surface area contributed by atoms with Crippen LogP contribution in [0.5, 0.6) is 0 Å². The van der Waals surface area contributed by atoms with Crippen LogP contribution in [0.15, 0.2) is 0 Å². The van der Waals surface area contributed by atoms with E-state index in [0.29, 0.717) is 11.8 Å². The quantitative estimate of drug-likeness (QED) is 0.693. The molecule has 3 atom stereocenters. The first-order chi connectivity index (χ1) is 6.83. The Labute approximate surface area is 84.8 Å². The number of amides is 1. The molecule has 3 aliphatic rings. The number of likely N-dealkylation sites (tertiary alicyclic amines) is 1. The van der Waals surface area contributed by atoms with Crippen molar-refractivity contribution in [3.8, 4) is 0 Å². The Hall–Kier alpha value is -0.570. The second-order valence-corrected chi connectivity index (χ2v) is 5.12. The van der Waals surface area contributed by atoms with Crippen LogP contribution in [0.4, 0.5) is 0 Å². The molecule has 1 N–H and O–H groups in total. The molecule has 3 heteroatoms. The maximum atomic E-state index is 11.9. The molecule has 2 saturated heterocycles. The number of piperidine rings is 1. The molecule has 0 radical (unpaired) electrons. The van der Waals surface area contributed by atoms with Gasteiger partial charge in [0, 0.05) is 19.5 Å². The van der Waals surface area contributed by atoms with Crippen LogP contribution in [0.2, 0.25) is 0 Å². The van der Waals surface area contributed by atoms with Crippen molar-refractivity contribution in [1.29, 1.82) is 0 Å². The Morgan fingerprint density at radius 1 is 1.36 bits per heavy atom. The lowest BCUT2D eigenvalue weighted by Crippen LogP contribution is -2.32. The van der Waals surface area contributed by atoms with E-state index < -0.39 is 0 Å². The molecule has 1 aliphatic carbocycles. The summed E-state index contributed by atoms with van der Waals surface area (Å²) in [7, 11) is 0. The fourth-order valence-corrected chi connectivity index (χ4v) is 2.87. The minimum atomic E-state index is 0.408. The van der Waals surface area contributed by atoms with Gasteiger partial charge in [0.15, 0.2) is 0 Å². The standard InChI is InChI=1S/C11H18N2O/c14-11(3-8-1-2-12-5-8)13-6-9-4-10(9)7-13/h8-10,12H,1-7H2/t8-,9?,10?/m1/s1. The fraction of sp³-hybridized carbons (Fsp3) is 0.909. The maximum absolute atomic E-state index is 11.9. The van der Waals surface area contributed by atoms with E-state index in [4.69, 9.17) is 0 Å². The Morgan fingerprint density at radius 3 is 2.79 bits per heavy atom. The lowest BCUT2D eigenvalue weighted by molar-refractivity contribution is -0.131. The zero-order valence-corrected chi connectivity index (χ0v) is 8.54. The van der Waals surface area contributed by atoms with Crippen molar-refractivity contribution in [2.45, 2.75) is 19.3 Å². The van der Waals surface area contributed by atoms with Gasteiger partial charge in [-0.15, -0.1) is 0 Å². The van der Waals surface area contributed by atoms with E-state index in [0.717, 1.165) is 44.4 Å². The van der Waals surface area contributed by atoms with Crippen molar-refractivity contribution < 1.29 is 4.79 Å². The van der Waals surface area contributed by atoms with E-state index in [2.05, 4.69) is 10.2 Å². The second kappa shape index (κ2) is 3.23. The third-order valence-corrected chi connectivity index (χ3v) is 3.96. The van der Waals surface area contributed by atoms with E-state index in [1.807, 2.05) is 0 Å². The molecule has 0 aromatic carbocycles. The monoisotopic (exact) mass is 194 g/mol.